The van der Waals surface area contributed by atoms with Crippen molar-refractivity contribution in [3.63, 3.8) is 0 Å². The van der Waals surface area contributed by atoms with E-state index in [9.17, 15) is 22.4 Å². The minimum Gasteiger partial charge on any atom is -0.497 e. The molecule has 0 heterocycles. The van der Waals surface area contributed by atoms with Gasteiger partial charge >= 0.3 is 0 Å². The van der Waals surface area contributed by atoms with Gasteiger partial charge in [0.05, 0.1) is 19.1 Å². The Morgan fingerprint density at radius 1 is 0.949 bits per heavy atom. The van der Waals surface area contributed by atoms with Crippen LogP contribution in [0.4, 0.5) is 10.1 Å². The van der Waals surface area contributed by atoms with E-state index >= 15 is 0 Å². The van der Waals surface area contributed by atoms with Gasteiger partial charge in [0.15, 0.2) is 0 Å². The molecule has 1 N–H and O–H groups in total. The van der Waals surface area contributed by atoms with Crippen molar-refractivity contribution in [2.75, 3.05) is 31.3 Å². The van der Waals surface area contributed by atoms with Crippen molar-refractivity contribution in [2.45, 2.75) is 31.8 Å². The average Bonchev–Trinajstić information content (AvgIpc) is 2.93. The molecule has 0 spiro atoms. The Morgan fingerprint density at radius 3 is 2.15 bits per heavy atom. The van der Waals surface area contributed by atoms with Crippen LogP contribution in [0.25, 0.3) is 0 Å². The lowest BCUT2D eigenvalue weighted by Crippen LogP contribution is -2.49. The van der Waals surface area contributed by atoms with Gasteiger partial charge in [-0.2, -0.15) is 0 Å². The van der Waals surface area contributed by atoms with Gasteiger partial charge in [-0.25, -0.2) is 12.8 Å². The molecule has 208 valence electrons. The zero-order valence-electron chi connectivity index (χ0n) is 22.3. The van der Waals surface area contributed by atoms with E-state index in [4.69, 9.17) is 4.74 Å². The third-order valence-electron chi connectivity index (χ3n) is 6.30. The maximum absolute atomic E-state index is 13.6. The third-order valence-corrected chi connectivity index (χ3v) is 7.49. The van der Waals surface area contributed by atoms with Crippen LogP contribution in [0.15, 0.2) is 78.9 Å². The highest BCUT2D eigenvalue weighted by Crippen LogP contribution is 2.23. The number of anilines is 1. The summed E-state index contributed by atoms with van der Waals surface area (Å²) in [6.07, 6.45) is 1.63. The number of halogens is 1. The largest absolute Gasteiger partial charge is 0.497 e. The number of nitrogens with one attached hydrogen (secondary N) is 1. The van der Waals surface area contributed by atoms with Crippen LogP contribution in [0.3, 0.4) is 0 Å². The summed E-state index contributed by atoms with van der Waals surface area (Å²) in [7, 11) is -0.577. The first kappa shape index (κ1) is 29.6. The number of carbonyl (C=O) groups excluding carboxylic acids is 2. The van der Waals surface area contributed by atoms with E-state index in [1.54, 1.807) is 36.4 Å². The molecule has 1 unspecified atom stereocenters. The minimum absolute atomic E-state index is 0.00561. The van der Waals surface area contributed by atoms with Crippen LogP contribution in [0, 0.1) is 5.82 Å². The van der Waals surface area contributed by atoms with Gasteiger partial charge in [-0.3, -0.25) is 13.9 Å². The fraction of sp³-hybridized carbons (Fsp3) is 0.310. The maximum Gasteiger partial charge on any atom is 0.242 e. The molecule has 1 atom stereocenters. The minimum atomic E-state index is -3.61. The van der Waals surface area contributed by atoms with Crippen LogP contribution >= 0.6 is 0 Å². The molecule has 3 rings (SSSR count). The molecule has 0 aliphatic rings. The van der Waals surface area contributed by atoms with E-state index in [1.807, 2.05) is 30.3 Å². The Morgan fingerprint density at radius 2 is 1.59 bits per heavy atom. The van der Waals surface area contributed by atoms with Gasteiger partial charge in [0.1, 0.15) is 17.6 Å². The molecule has 3 aromatic carbocycles. The first-order valence-electron chi connectivity index (χ1n) is 12.5. The molecule has 0 fully saturated rings. The summed E-state index contributed by atoms with van der Waals surface area (Å²) < 4.78 is 45.0. The predicted octanol–water partition coefficient (Wildman–Crippen LogP) is 3.77. The molecular weight excluding hydrogens is 521 g/mol. The number of hydrogen-bond acceptors (Lipinski definition) is 5. The normalized spacial score (nSPS) is 11.9. The van der Waals surface area contributed by atoms with Crippen molar-refractivity contribution in [1.29, 1.82) is 0 Å². The number of methoxy groups -OCH3 is 1. The Balaban J connectivity index is 1.82. The highest BCUT2D eigenvalue weighted by atomic mass is 32.2. The second-order valence-electron chi connectivity index (χ2n) is 9.10. The summed E-state index contributed by atoms with van der Waals surface area (Å²) in [5.74, 6) is -0.446. The summed E-state index contributed by atoms with van der Waals surface area (Å²) in [6.45, 7) is 0.170. The van der Waals surface area contributed by atoms with Crippen LogP contribution in [-0.2, 0) is 32.6 Å². The molecule has 0 saturated heterocycles. The average molecular weight is 556 g/mol. The number of likely N-dealkylation sites (N-methyl/N-ethyl adjacent to an activating group) is 1. The first-order chi connectivity index (χ1) is 18.6. The molecule has 10 heteroatoms. The molecule has 3 aromatic rings. The highest BCUT2D eigenvalue weighted by Gasteiger charge is 2.30. The molecule has 0 aliphatic carbocycles. The van der Waals surface area contributed by atoms with Crippen molar-refractivity contribution in [1.82, 2.24) is 10.2 Å². The Hall–Kier alpha value is -3.92. The molecule has 0 saturated carbocycles. The summed E-state index contributed by atoms with van der Waals surface area (Å²) in [6, 6.07) is 20.9. The van der Waals surface area contributed by atoms with Gasteiger partial charge in [-0.1, -0.05) is 42.5 Å². The fourth-order valence-electron chi connectivity index (χ4n) is 4.26. The van der Waals surface area contributed by atoms with Crippen LogP contribution in [0.2, 0.25) is 0 Å². The lowest BCUT2D eigenvalue weighted by molar-refractivity contribution is -0.141. The summed E-state index contributed by atoms with van der Waals surface area (Å²) >= 11 is 0. The monoisotopic (exact) mass is 555 g/mol. The van der Waals surface area contributed by atoms with Crippen LogP contribution in [0.5, 0.6) is 5.75 Å². The highest BCUT2D eigenvalue weighted by molar-refractivity contribution is 7.92. The molecule has 0 radical (unpaired) electrons. The van der Waals surface area contributed by atoms with Gasteiger partial charge < -0.3 is 15.0 Å². The van der Waals surface area contributed by atoms with E-state index in [2.05, 4.69) is 5.32 Å². The molecule has 0 aliphatic heterocycles. The number of ether oxygens (including phenoxy) is 1. The zero-order valence-corrected chi connectivity index (χ0v) is 23.2. The number of hydrogen-bond donors (Lipinski definition) is 1. The molecule has 2 amide bonds. The Bertz CT molecular complexity index is 1330. The Kier molecular flexibility index (Phi) is 10.4. The number of amides is 2. The second-order valence-corrected chi connectivity index (χ2v) is 11.0. The molecule has 0 bridgehead atoms. The van der Waals surface area contributed by atoms with Crippen LogP contribution < -0.4 is 14.4 Å². The number of rotatable bonds is 13. The van der Waals surface area contributed by atoms with Crippen LogP contribution in [0.1, 0.15) is 24.0 Å². The predicted molar refractivity (Wildman–Crippen MR) is 149 cm³/mol. The Labute approximate surface area is 229 Å². The number of sulfonamides is 1. The van der Waals surface area contributed by atoms with Gasteiger partial charge in [-0.15, -0.1) is 0 Å². The van der Waals surface area contributed by atoms with Crippen molar-refractivity contribution in [2.24, 2.45) is 0 Å². The third kappa shape index (κ3) is 8.54. The van der Waals surface area contributed by atoms with Crippen molar-refractivity contribution in [3.8, 4) is 5.75 Å². The first-order valence-corrected chi connectivity index (χ1v) is 14.4. The maximum atomic E-state index is 13.6. The summed E-state index contributed by atoms with van der Waals surface area (Å²) in [5.41, 5.74) is 2.01. The van der Waals surface area contributed by atoms with Gasteiger partial charge in [-0.05, 0) is 53.9 Å². The van der Waals surface area contributed by atoms with E-state index in [-0.39, 0.29) is 44.2 Å². The topological polar surface area (TPSA) is 96.0 Å². The van der Waals surface area contributed by atoms with Gasteiger partial charge in [0.2, 0.25) is 21.8 Å². The van der Waals surface area contributed by atoms with Crippen molar-refractivity contribution >= 4 is 27.5 Å². The zero-order chi connectivity index (χ0) is 28.4. The van der Waals surface area contributed by atoms with E-state index in [0.717, 1.165) is 11.8 Å². The SMILES string of the molecule is CNC(=O)C(Cc1ccccc1)N(Cc1ccc(F)cc1)C(=O)CCCN(c1ccc(OC)cc1)S(C)(=O)=O. The van der Waals surface area contributed by atoms with Crippen molar-refractivity contribution in [3.05, 3.63) is 95.8 Å². The standard InChI is InChI=1S/C29H34FN3O5S/c1-31-29(35)27(20-22-8-5-4-6-9-22)32(21-23-11-13-24(30)14-12-23)28(34)10-7-19-33(39(3,36)37)25-15-17-26(38-2)18-16-25/h4-6,8-9,11-18,27H,7,10,19-21H2,1-3H3,(H,31,35). The summed E-state index contributed by atoms with van der Waals surface area (Å²) in [4.78, 5) is 28.1. The van der Waals surface area contributed by atoms with E-state index in [1.165, 1.54) is 35.5 Å². The van der Waals surface area contributed by atoms with E-state index in [0.29, 0.717) is 17.0 Å². The summed E-state index contributed by atoms with van der Waals surface area (Å²) in [5, 5.41) is 2.65. The van der Waals surface area contributed by atoms with Gasteiger partial charge in [0, 0.05) is 33.0 Å². The van der Waals surface area contributed by atoms with Crippen molar-refractivity contribution < 1.29 is 27.1 Å². The second kappa shape index (κ2) is 13.7. The molecule has 8 nitrogen and oxygen atoms in total. The molecule has 39 heavy (non-hydrogen) atoms. The van der Waals surface area contributed by atoms with E-state index < -0.39 is 21.9 Å². The fourth-order valence-corrected chi connectivity index (χ4v) is 5.22. The van der Waals surface area contributed by atoms with Crippen LogP contribution in [-0.4, -0.2) is 58.1 Å². The number of carbonyl (C=O) groups is 2. The van der Waals surface area contributed by atoms with Gasteiger partial charge in [0.25, 0.3) is 0 Å². The molecule has 0 aromatic heterocycles. The smallest absolute Gasteiger partial charge is 0.242 e. The lowest BCUT2D eigenvalue weighted by atomic mass is 10.0. The molecular formula is C29H34FN3O5S. The number of benzene rings is 3. The number of nitrogens with zero attached hydrogens (tertiary/aromatic N) is 2. The quantitative estimate of drug-likeness (QED) is 0.347. The lowest BCUT2D eigenvalue weighted by Gasteiger charge is -2.31.